The van der Waals surface area contributed by atoms with Gasteiger partial charge in [-0.05, 0) is 94.9 Å². The highest BCUT2D eigenvalue weighted by atomic mass is 16.6. The lowest BCUT2D eigenvalue weighted by molar-refractivity contribution is -0.148. The van der Waals surface area contributed by atoms with Gasteiger partial charge in [0.2, 0.25) is 53.2 Å². The standard InChI is InChI=1S/C85H117N13O20/c1-14-50(8)72(66(113-12)44-68(100)98-39-23-31-65(98)73(114-13)51(9)74(101)92-63(42-52-24-16-15-17-25-52)76(103)91-62-37-41-116-82(62)109)96(10)80(107)70(48(4)5)95-79(106)71(49(6)7)97(11)85(112)118-45-53-32-34-54(35-33-53)88-75(102)60(30-22-38-87-83(86)110)90-78(105)69(47(2)3)94-77(104)64(43-67(99)89-61-36-40-115-81(61)108)93-84(111)117-46-59-57-28-20-18-26-55(57)56-27-19-21-29-58(56)59/h15-21,24-29,32-35,47-51,59-66,69-73H,14,22-23,30-31,36-46H2,1-13H3,(H,88,102)(H,89,99)(H,90,105)(H,91,103)(H,92,101)(H,93,111)(H,94,104)(H,95,106)(H3,86,87,110)/t50-,51+,60-,61-,62-,63-,64-,65-,66+,69-,70-,71-,72-,73+/m0/s1. The van der Waals surface area contributed by atoms with Gasteiger partial charge >= 0.3 is 30.2 Å². The average Bonchev–Trinajstić information content (AvgIpc) is 1.61. The number of ether oxygens (including phenoxy) is 6. The van der Waals surface area contributed by atoms with Crippen LogP contribution in [0.5, 0.6) is 0 Å². The van der Waals surface area contributed by atoms with Gasteiger partial charge in [0.25, 0.3) is 0 Å². The number of carbonyl (C=O) groups is 14. The number of alkyl carbamates (subject to hydrolysis) is 1. The predicted molar refractivity (Wildman–Crippen MR) is 434 cm³/mol. The molecule has 13 amide bonds. The molecule has 3 heterocycles. The fourth-order valence-corrected chi connectivity index (χ4v) is 15.6. The Morgan fingerprint density at radius 1 is 0.585 bits per heavy atom. The van der Waals surface area contributed by atoms with Gasteiger partial charge in [0.05, 0.1) is 56.3 Å². The molecule has 3 aliphatic heterocycles. The number of nitrogens with one attached hydrogen (secondary N) is 9. The van der Waals surface area contributed by atoms with Crippen LogP contribution in [0.25, 0.3) is 11.1 Å². The van der Waals surface area contributed by atoms with Crippen LogP contribution in [-0.4, -0.2) is 232 Å². The predicted octanol–water partition coefficient (Wildman–Crippen LogP) is 5.24. The van der Waals surface area contributed by atoms with E-state index in [2.05, 4.69) is 47.9 Å². The lowest BCUT2D eigenvalue weighted by Crippen LogP contribution is -2.60. The first-order valence-corrected chi connectivity index (χ1v) is 40.5. The van der Waals surface area contributed by atoms with Crippen LogP contribution in [0, 0.1) is 29.6 Å². The Balaban J connectivity index is 0.867. The number of carbonyl (C=O) groups excluding carboxylic acids is 14. The van der Waals surface area contributed by atoms with Gasteiger partial charge in [-0.3, -0.25) is 48.1 Å². The summed E-state index contributed by atoms with van der Waals surface area (Å²) in [6.45, 7) is 16.0. The van der Waals surface area contributed by atoms with Crippen molar-refractivity contribution >= 4 is 89.0 Å². The van der Waals surface area contributed by atoms with Gasteiger partial charge in [-0.2, -0.15) is 0 Å². The number of cyclic esters (lactones) is 2. The van der Waals surface area contributed by atoms with E-state index in [0.717, 1.165) is 32.7 Å². The Labute approximate surface area is 688 Å². The molecule has 0 aromatic heterocycles. The maximum Gasteiger partial charge on any atom is 0.410 e. The van der Waals surface area contributed by atoms with Crippen LogP contribution >= 0.6 is 0 Å². The summed E-state index contributed by atoms with van der Waals surface area (Å²) in [5, 5.41) is 24.1. The second-order valence-electron chi connectivity index (χ2n) is 31.7. The number of esters is 2. The van der Waals surface area contributed by atoms with E-state index in [-0.39, 0.29) is 88.5 Å². The number of likely N-dealkylation sites (tertiary alicyclic amines) is 1. The van der Waals surface area contributed by atoms with Crippen LogP contribution in [0.2, 0.25) is 0 Å². The molecule has 0 bridgehead atoms. The van der Waals surface area contributed by atoms with Crippen molar-refractivity contribution in [3.05, 3.63) is 125 Å². The Morgan fingerprint density at radius 2 is 1.18 bits per heavy atom. The highest BCUT2D eigenvalue weighted by molar-refractivity contribution is 6.00. The highest BCUT2D eigenvalue weighted by Crippen LogP contribution is 2.45. The molecule has 3 fully saturated rings. The Hall–Kier alpha value is -11.2. The SMILES string of the molecule is CC[C@H](C)[C@@H]([C@@H](CC(=O)N1CCC[C@H]1[C@H](OC)[C@@H](C)C(=O)N[C@@H](Cc1ccccc1)C(=O)N[C@H]1CCOC1=O)OC)N(C)C(=O)[C@@H](NC(=O)[C@H](C(C)C)N(C)C(=O)OCc1ccc(NC(=O)[C@H](CCCNC(N)=O)NC(=O)[C@@H](NC(=O)[C@H](CC(=O)N[C@H]2CCOC2=O)NC(=O)OCC2c3ccccc3-c3ccccc32)C(C)C)cc1)C(C)C. The van der Waals surface area contributed by atoms with Crippen molar-refractivity contribution in [2.45, 2.75) is 212 Å². The van der Waals surface area contributed by atoms with Crippen molar-refractivity contribution < 1.29 is 95.5 Å². The van der Waals surface area contributed by atoms with E-state index in [4.69, 9.17) is 34.2 Å². The number of nitrogens with two attached hydrogens (primary N) is 1. The Morgan fingerprint density at radius 3 is 1.75 bits per heavy atom. The number of hydrogen-bond donors (Lipinski definition) is 10. The number of hydrogen-bond acceptors (Lipinski definition) is 20. The third-order valence-corrected chi connectivity index (χ3v) is 22.3. The molecule has 11 N–H and O–H groups in total. The van der Waals surface area contributed by atoms with Crippen molar-refractivity contribution in [3.8, 4) is 11.1 Å². The van der Waals surface area contributed by atoms with Gasteiger partial charge in [-0.25, -0.2) is 24.0 Å². The summed E-state index contributed by atoms with van der Waals surface area (Å²) in [4.78, 5) is 197. The van der Waals surface area contributed by atoms with Gasteiger partial charge in [0, 0.05) is 72.3 Å². The fraction of sp³-hybridized carbons (Fsp3) is 0.553. The number of nitrogens with zero attached hydrogens (tertiary/aromatic N) is 3. The number of fused-ring (bicyclic) bond motifs is 3. The number of rotatable bonds is 41. The first kappa shape index (κ1) is 92.3. The van der Waals surface area contributed by atoms with E-state index >= 15 is 0 Å². The molecule has 8 rings (SSSR count). The molecule has 4 aliphatic rings. The number of likely N-dealkylation sites (N-methyl/N-ethyl adjacent to an activating group) is 2. The minimum Gasteiger partial charge on any atom is -0.464 e. The summed E-state index contributed by atoms with van der Waals surface area (Å²) >= 11 is 0. The van der Waals surface area contributed by atoms with E-state index in [0.29, 0.717) is 37.8 Å². The molecule has 14 atom stereocenters. The minimum atomic E-state index is -1.64. The first-order valence-electron chi connectivity index (χ1n) is 40.5. The third kappa shape index (κ3) is 24.7. The maximum atomic E-state index is 15.0. The second kappa shape index (κ2) is 43.8. The third-order valence-electron chi connectivity index (χ3n) is 22.3. The number of methoxy groups -OCH3 is 2. The molecule has 4 aromatic rings. The molecular weight excluding hydrogens is 1520 g/mol. The molecule has 4 aromatic carbocycles. The van der Waals surface area contributed by atoms with Crippen molar-refractivity contribution in [1.82, 2.24) is 57.2 Å². The summed E-state index contributed by atoms with van der Waals surface area (Å²) < 4.78 is 33.7. The lowest BCUT2D eigenvalue weighted by Gasteiger charge is -2.41. The van der Waals surface area contributed by atoms with Crippen LogP contribution < -0.4 is 53.6 Å². The Bertz CT molecular complexity index is 4140. The van der Waals surface area contributed by atoms with E-state index in [1.165, 1.54) is 38.3 Å². The summed E-state index contributed by atoms with van der Waals surface area (Å²) in [5.41, 5.74) is 10.6. The number of urea groups is 1. The highest BCUT2D eigenvalue weighted by Gasteiger charge is 2.46. The second-order valence-corrected chi connectivity index (χ2v) is 31.7. The van der Waals surface area contributed by atoms with Crippen molar-refractivity contribution in [2.75, 3.05) is 66.5 Å². The molecule has 33 nitrogen and oxygen atoms in total. The monoisotopic (exact) mass is 1640 g/mol. The zero-order valence-corrected chi connectivity index (χ0v) is 69.6. The molecule has 0 unspecified atom stereocenters. The van der Waals surface area contributed by atoms with E-state index in [9.17, 15) is 67.1 Å². The van der Waals surface area contributed by atoms with E-state index in [1.807, 2.05) is 92.7 Å². The van der Waals surface area contributed by atoms with Gasteiger partial charge in [-0.15, -0.1) is 0 Å². The smallest absolute Gasteiger partial charge is 0.410 e. The number of benzene rings is 4. The van der Waals surface area contributed by atoms with E-state index < -0.39 is 180 Å². The normalized spacial score (nSPS) is 18.3. The summed E-state index contributed by atoms with van der Waals surface area (Å²) in [6.07, 6.45) is -2.05. The van der Waals surface area contributed by atoms with Crippen LogP contribution in [0.4, 0.5) is 20.1 Å². The van der Waals surface area contributed by atoms with Crippen LogP contribution in [0.1, 0.15) is 148 Å². The zero-order chi connectivity index (χ0) is 86.2. The van der Waals surface area contributed by atoms with Gasteiger partial charge in [0.15, 0.2) is 0 Å². The molecular formula is C85H117N13O20. The van der Waals surface area contributed by atoms with E-state index in [1.54, 1.807) is 72.5 Å². The largest absolute Gasteiger partial charge is 0.464 e. The summed E-state index contributed by atoms with van der Waals surface area (Å²) in [7, 11) is 5.94. The van der Waals surface area contributed by atoms with Crippen molar-refractivity contribution in [1.29, 1.82) is 0 Å². The maximum absolute atomic E-state index is 15.0. The topological polar surface area (TPSA) is 438 Å². The van der Waals surface area contributed by atoms with Crippen molar-refractivity contribution in [3.63, 3.8) is 0 Å². The molecule has 0 radical (unpaired) electrons. The van der Waals surface area contributed by atoms with Crippen LogP contribution in [-0.2, 0) is 94.2 Å². The molecule has 1 aliphatic carbocycles. The minimum absolute atomic E-state index is 0.0199. The number of amides is 13. The summed E-state index contributed by atoms with van der Waals surface area (Å²) in [5.74, 6) is -10.1. The summed E-state index contributed by atoms with van der Waals surface area (Å²) in [6, 6.07) is 19.1. The zero-order valence-electron chi connectivity index (χ0n) is 69.6. The van der Waals surface area contributed by atoms with Gasteiger partial charge < -0.3 is 91.8 Å². The van der Waals surface area contributed by atoms with Gasteiger partial charge in [-0.1, -0.05) is 160 Å². The quantitative estimate of drug-likeness (QED) is 0.0154. The molecule has 642 valence electrons. The first-order chi connectivity index (χ1) is 56.2. The molecule has 118 heavy (non-hydrogen) atoms. The van der Waals surface area contributed by atoms with Crippen molar-refractivity contribution in [2.24, 2.45) is 35.3 Å². The van der Waals surface area contributed by atoms with Gasteiger partial charge in [0.1, 0.15) is 61.5 Å². The van der Waals surface area contributed by atoms with Crippen LogP contribution in [0.15, 0.2) is 103 Å². The molecule has 33 heteroatoms. The fourth-order valence-electron chi connectivity index (χ4n) is 15.6. The molecule has 3 saturated heterocycles. The lowest BCUT2D eigenvalue weighted by atomic mass is 9.89. The number of anilines is 1. The Kier molecular flexibility index (Phi) is 34.3. The molecule has 0 spiro atoms. The van der Waals surface area contributed by atoms with Crippen LogP contribution in [0.3, 0.4) is 0 Å². The average molecular weight is 1640 g/mol. The number of primary amides is 1. The molecule has 0 saturated carbocycles.